The van der Waals surface area contributed by atoms with Gasteiger partial charge in [0.05, 0.1) is 17.5 Å². The molecule has 0 radical (unpaired) electrons. The van der Waals surface area contributed by atoms with Crippen molar-refractivity contribution in [3.63, 3.8) is 0 Å². The predicted molar refractivity (Wildman–Crippen MR) is 140 cm³/mol. The predicted octanol–water partition coefficient (Wildman–Crippen LogP) is 1.91. The Labute approximate surface area is 220 Å². The number of hydrogen-bond donors (Lipinski definition) is 5. The van der Waals surface area contributed by atoms with Gasteiger partial charge in [-0.15, -0.1) is 0 Å². The molecule has 0 aliphatic heterocycles. The molecule has 10 nitrogen and oxygen atoms in total. The van der Waals surface area contributed by atoms with Gasteiger partial charge >= 0.3 is 0 Å². The maximum atomic E-state index is 13.8. The number of amides is 1. The SMILES string of the molecule is CN(C)Cc1ccc(-c2ccc(O)c3c2CC2CC4C(C(=O)C(C(N)=O)=C(O)[C@H]4N(C)C)C(=O)C2=C3O)[nH]1. The van der Waals surface area contributed by atoms with Crippen LogP contribution in [-0.2, 0) is 27.3 Å². The monoisotopic (exact) mass is 520 g/mol. The van der Waals surface area contributed by atoms with E-state index in [4.69, 9.17) is 5.73 Å². The second-order valence-corrected chi connectivity index (χ2v) is 10.9. The molecule has 0 spiro atoms. The summed E-state index contributed by atoms with van der Waals surface area (Å²) in [5, 5.41) is 33.0. The largest absolute Gasteiger partial charge is 0.510 e. The highest BCUT2D eigenvalue weighted by molar-refractivity contribution is 6.28. The van der Waals surface area contributed by atoms with E-state index in [0.29, 0.717) is 24.9 Å². The first kappa shape index (κ1) is 25.7. The molecule has 1 saturated carbocycles. The topological polar surface area (TPSA) is 160 Å². The number of carbonyl (C=O) groups is 3. The molecule has 3 aliphatic carbocycles. The highest BCUT2D eigenvalue weighted by Crippen LogP contribution is 2.51. The molecule has 0 saturated heterocycles. The van der Waals surface area contributed by atoms with Crippen LogP contribution in [0.15, 0.2) is 41.2 Å². The second-order valence-electron chi connectivity index (χ2n) is 10.9. The van der Waals surface area contributed by atoms with Gasteiger partial charge in [-0.05, 0) is 82.7 Å². The van der Waals surface area contributed by atoms with Crippen molar-refractivity contribution in [3.05, 3.63) is 58.0 Å². The van der Waals surface area contributed by atoms with Gasteiger partial charge < -0.3 is 30.9 Å². The molecule has 1 amide bonds. The molecule has 38 heavy (non-hydrogen) atoms. The number of nitrogens with two attached hydrogens (primary N) is 1. The smallest absolute Gasteiger partial charge is 0.255 e. The fourth-order valence-electron chi connectivity index (χ4n) is 6.55. The number of hydrogen-bond acceptors (Lipinski definition) is 8. The first-order valence-electron chi connectivity index (χ1n) is 12.5. The van der Waals surface area contributed by atoms with Gasteiger partial charge in [-0.1, -0.05) is 0 Å². The summed E-state index contributed by atoms with van der Waals surface area (Å²) in [5.74, 6) is -5.81. The fourth-order valence-corrected chi connectivity index (χ4v) is 6.55. The average molecular weight is 521 g/mol. The Hall–Kier alpha value is -3.89. The number of fused-ring (bicyclic) bond motifs is 3. The quantitative estimate of drug-likeness (QED) is 0.295. The summed E-state index contributed by atoms with van der Waals surface area (Å²) >= 11 is 0. The van der Waals surface area contributed by atoms with E-state index in [0.717, 1.165) is 17.0 Å². The minimum absolute atomic E-state index is 0.0713. The number of likely N-dealkylation sites (N-methyl/N-ethyl adjacent to an activating group) is 1. The van der Waals surface area contributed by atoms with Gasteiger partial charge in [-0.2, -0.15) is 0 Å². The van der Waals surface area contributed by atoms with Gasteiger partial charge in [0, 0.05) is 29.1 Å². The van der Waals surface area contributed by atoms with Crippen LogP contribution in [-0.4, -0.2) is 81.8 Å². The van der Waals surface area contributed by atoms with Gasteiger partial charge in [0.1, 0.15) is 22.8 Å². The number of nitrogens with zero attached hydrogens (tertiary/aromatic N) is 2. The molecule has 4 atom stereocenters. The summed E-state index contributed by atoms with van der Waals surface area (Å²) < 4.78 is 0. The highest BCUT2D eigenvalue weighted by Gasteiger charge is 2.55. The maximum absolute atomic E-state index is 13.8. The molecule has 3 unspecified atom stereocenters. The summed E-state index contributed by atoms with van der Waals surface area (Å²) in [7, 11) is 7.33. The molecule has 3 aliphatic rings. The number of carbonyl (C=O) groups excluding carboxylic acids is 3. The van der Waals surface area contributed by atoms with E-state index >= 15 is 0 Å². The third-order valence-electron chi connectivity index (χ3n) is 7.97. The number of aromatic nitrogens is 1. The zero-order chi connectivity index (χ0) is 27.6. The third-order valence-corrected chi connectivity index (χ3v) is 7.97. The number of phenols is 1. The minimum Gasteiger partial charge on any atom is -0.510 e. The summed E-state index contributed by atoms with van der Waals surface area (Å²) in [6.45, 7) is 0.708. The Balaban J connectivity index is 1.63. The van der Waals surface area contributed by atoms with Crippen LogP contribution in [0.3, 0.4) is 0 Å². The van der Waals surface area contributed by atoms with Crippen LogP contribution >= 0.6 is 0 Å². The lowest BCUT2D eigenvalue weighted by Crippen LogP contribution is -2.55. The fraction of sp³-hybridized carbons (Fsp3) is 0.393. The summed E-state index contributed by atoms with van der Waals surface area (Å²) in [4.78, 5) is 46.3. The van der Waals surface area contributed by atoms with Crippen LogP contribution in [0.25, 0.3) is 17.0 Å². The molecular formula is C28H32N4O6. The number of aliphatic hydroxyl groups is 2. The summed E-state index contributed by atoms with van der Waals surface area (Å²) in [6, 6.07) is 6.42. The van der Waals surface area contributed by atoms with E-state index in [9.17, 15) is 29.7 Å². The van der Waals surface area contributed by atoms with Crippen molar-refractivity contribution in [3.8, 4) is 17.0 Å². The Morgan fingerprint density at radius 1 is 1.05 bits per heavy atom. The lowest BCUT2D eigenvalue weighted by atomic mass is 9.59. The van der Waals surface area contributed by atoms with E-state index < -0.39 is 52.6 Å². The minimum atomic E-state index is -1.27. The molecule has 1 aromatic carbocycles. The summed E-state index contributed by atoms with van der Waals surface area (Å²) in [5.41, 5.74) is 8.40. The lowest BCUT2D eigenvalue weighted by molar-refractivity contribution is -0.136. The number of aromatic hydroxyl groups is 1. The Morgan fingerprint density at radius 2 is 1.76 bits per heavy atom. The van der Waals surface area contributed by atoms with Gasteiger partial charge in [0.25, 0.3) is 5.91 Å². The lowest BCUT2D eigenvalue weighted by Gasteiger charge is -2.46. The van der Waals surface area contributed by atoms with Crippen LogP contribution in [0.1, 0.15) is 23.2 Å². The maximum Gasteiger partial charge on any atom is 0.255 e. The number of allylic oxidation sites excluding steroid dienone is 1. The molecular weight excluding hydrogens is 488 g/mol. The van der Waals surface area contributed by atoms with E-state index in [2.05, 4.69) is 4.98 Å². The zero-order valence-corrected chi connectivity index (χ0v) is 21.8. The van der Waals surface area contributed by atoms with Crippen molar-refractivity contribution in [1.82, 2.24) is 14.8 Å². The number of Topliss-reactive ketones (excluding diaryl/α,β-unsaturated/α-hetero) is 2. The van der Waals surface area contributed by atoms with Gasteiger partial charge in [0.15, 0.2) is 11.6 Å². The number of ketones is 2. The van der Waals surface area contributed by atoms with Crippen molar-refractivity contribution < 1.29 is 29.7 Å². The van der Waals surface area contributed by atoms with Crippen molar-refractivity contribution in [2.75, 3.05) is 28.2 Å². The number of benzene rings is 1. The highest BCUT2D eigenvalue weighted by atomic mass is 16.3. The van der Waals surface area contributed by atoms with Gasteiger partial charge in [-0.3, -0.25) is 19.3 Å². The van der Waals surface area contributed by atoms with Crippen molar-refractivity contribution in [2.45, 2.75) is 25.4 Å². The van der Waals surface area contributed by atoms with Gasteiger partial charge in [0.2, 0.25) is 0 Å². The van der Waals surface area contributed by atoms with Crippen molar-refractivity contribution >= 4 is 23.2 Å². The number of aromatic amines is 1. The molecule has 2 aromatic rings. The summed E-state index contributed by atoms with van der Waals surface area (Å²) in [6.07, 6.45) is 0.655. The molecule has 200 valence electrons. The van der Waals surface area contributed by atoms with E-state index in [1.807, 2.05) is 31.1 Å². The van der Waals surface area contributed by atoms with Crippen LogP contribution in [0.5, 0.6) is 5.75 Å². The Morgan fingerprint density at radius 3 is 2.39 bits per heavy atom. The average Bonchev–Trinajstić information content (AvgIpc) is 3.25. The van der Waals surface area contributed by atoms with Gasteiger partial charge in [-0.25, -0.2) is 0 Å². The van der Waals surface area contributed by atoms with Crippen LogP contribution < -0.4 is 5.73 Å². The van der Waals surface area contributed by atoms with Crippen LogP contribution in [0.4, 0.5) is 0 Å². The first-order chi connectivity index (χ1) is 17.9. The molecule has 1 heterocycles. The van der Waals surface area contributed by atoms with Crippen LogP contribution in [0, 0.1) is 17.8 Å². The number of nitrogens with one attached hydrogen (secondary N) is 1. The standard InChI is InChI=1S/C28H32N4O6/c1-31(2)11-13-5-7-17(30-13)14-6-8-18(33)20-15(14)9-12-10-16-21(25(35)19(12)24(20)34)26(36)22(28(29)38)27(37)23(16)32(3)4/h5-8,12,16,21,23,30,33-34,37H,9-11H2,1-4H3,(H2,29,38)/t12?,16?,21?,23-/m0/s1. The molecule has 0 bridgehead atoms. The number of phenolic OH excluding ortho intramolecular Hbond substituents is 1. The Kier molecular flexibility index (Phi) is 6.19. The molecule has 5 rings (SSSR count). The normalized spacial score (nSPS) is 25.1. The molecule has 1 fully saturated rings. The number of H-pyrrole nitrogens is 1. The molecule has 10 heteroatoms. The van der Waals surface area contributed by atoms with Crippen LogP contribution in [0.2, 0.25) is 0 Å². The molecule has 1 aromatic heterocycles. The zero-order valence-electron chi connectivity index (χ0n) is 21.8. The first-order valence-corrected chi connectivity index (χ1v) is 12.5. The number of rotatable bonds is 5. The van der Waals surface area contributed by atoms with E-state index in [-0.39, 0.29) is 22.6 Å². The second kappa shape index (κ2) is 9.14. The van der Waals surface area contributed by atoms with Crippen molar-refractivity contribution in [2.24, 2.45) is 23.5 Å². The third kappa shape index (κ3) is 3.83. The number of aliphatic hydroxyl groups excluding tert-OH is 2. The van der Waals surface area contributed by atoms with Crippen molar-refractivity contribution in [1.29, 1.82) is 0 Å². The Bertz CT molecular complexity index is 1430. The van der Waals surface area contributed by atoms with E-state index in [1.165, 1.54) is 6.07 Å². The van der Waals surface area contributed by atoms with E-state index in [1.54, 1.807) is 25.1 Å². The number of primary amides is 1. The molecule has 6 N–H and O–H groups in total.